The number of rotatable bonds is 3. The van der Waals surface area contributed by atoms with Crippen molar-refractivity contribution < 1.29 is 29.3 Å². The number of methoxy groups -OCH3 is 1. The summed E-state index contributed by atoms with van der Waals surface area (Å²) in [5, 5.41) is 20.9. The smallest absolute Gasteiger partial charge is 0.309 e. The molecule has 0 amide bonds. The van der Waals surface area contributed by atoms with Gasteiger partial charge in [0.25, 0.3) is 0 Å². The molecule has 4 saturated carbocycles. The Morgan fingerprint density at radius 3 is 2.31 bits per heavy atom. The molecule has 6 rings (SSSR count). The number of aromatic hydroxyl groups is 1. The van der Waals surface area contributed by atoms with Gasteiger partial charge in [-0.1, -0.05) is 47.1 Å². The third-order valence-corrected chi connectivity index (χ3v) is 15.2. The summed E-state index contributed by atoms with van der Waals surface area (Å²) in [6.07, 6.45) is 10.2. The first kappa shape index (κ1) is 32.5. The number of hydrogen-bond acceptors (Lipinski definition) is 5. The molecule has 2 N–H and O–H groups in total. The quantitative estimate of drug-likeness (QED) is 0.310. The number of fused-ring (bicyclic) bond motifs is 7. The van der Waals surface area contributed by atoms with Gasteiger partial charge in [0.15, 0.2) is 23.1 Å². The van der Waals surface area contributed by atoms with Crippen molar-refractivity contribution >= 4 is 39.5 Å². The fourth-order valence-corrected chi connectivity index (χ4v) is 11.8. The van der Waals surface area contributed by atoms with Crippen LogP contribution in [0.25, 0.3) is 6.08 Å². The fourth-order valence-electron chi connectivity index (χ4n) is 11.4. The highest BCUT2D eigenvalue weighted by Crippen LogP contribution is 2.75. The van der Waals surface area contributed by atoms with Gasteiger partial charge in [-0.2, -0.15) is 0 Å². The van der Waals surface area contributed by atoms with E-state index in [1.165, 1.54) is 12.7 Å². The molecule has 5 aliphatic carbocycles. The SMILES string of the molecule is COc1ccc(/C=C2\C[C@]3(C)[C@H]4C(=O)C=C5[C@@H]6C[C@@](C)(C(=O)O)CC[C@]6(C)CC[C@@]5(C)[C@]4(C)CC[C@H]3C(C)(C)C2=O)c(Br)c1O. The molecule has 8 atom stereocenters. The van der Waals surface area contributed by atoms with Crippen LogP contribution in [0.15, 0.2) is 33.8 Å². The molecule has 0 unspecified atom stereocenters. The van der Waals surface area contributed by atoms with Crippen LogP contribution >= 0.6 is 15.9 Å². The third-order valence-electron chi connectivity index (χ3n) is 14.3. The molecule has 1 aromatic rings. The van der Waals surface area contributed by atoms with Gasteiger partial charge >= 0.3 is 5.97 Å². The van der Waals surface area contributed by atoms with Gasteiger partial charge in [0, 0.05) is 11.3 Å². The number of ketones is 2. The number of Topliss-reactive ketones (excluding diaryl/α,β-unsaturated/α-hetero) is 1. The number of carboxylic acid groups (broad SMARTS) is 1. The van der Waals surface area contributed by atoms with Crippen molar-refractivity contribution in [3.63, 3.8) is 0 Å². The molecule has 0 saturated heterocycles. The maximum atomic E-state index is 14.7. The van der Waals surface area contributed by atoms with Crippen LogP contribution in [0.4, 0.5) is 0 Å². The second kappa shape index (κ2) is 10.0. The van der Waals surface area contributed by atoms with Crippen molar-refractivity contribution in [1.82, 2.24) is 0 Å². The van der Waals surface area contributed by atoms with E-state index in [-0.39, 0.29) is 51.3 Å². The number of carbonyl (C=O) groups is 3. The summed E-state index contributed by atoms with van der Waals surface area (Å²) < 4.78 is 5.74. The molecule has 6 nitrogen and oxygen atoms in total. The number of allylic oxidation sites excluding steroid dienone is 3. The first-order valence-electron chi connectivity index (χ1n) is 16.6. The summed E-state index contributed by atoms with van der Waals surface area (Å²) in [5.74, 6) is -0.297. The van der Waals surface area contributed by atoms with E-state index in [2.05, 4.69) is 43.6 Å². The molecule has 244 valence electrons. The van der Waals surface area contributed by atoms with Gasteiger partial charge in [0.05, 0.1) is 17.0 Å². The first-order valence-corrected chi connectivity index (χ1v) is 17.4. The number of carbonyl (C=O) groups excluding carboxylic acids is 2. The van der Waals surface area contributed by atoms with Gasteiger partial charge < -0.3 is 14.9 Å². The average Bonchev–Trinajstić information content (AvgIpc) is 2.96. The fraction of sp³-hybridized carbons (Fsp3) is 0.658. The maximum Gasteiger partial charge on any atom is 0.309 e. The Labute approximate surface area is 276 Å². The normalized spacial score (nSPS) is 43.0. The molecule has 0 aromatic heterocycles. The highest BCUT2D eigenvalue weighted by Gasteiger charge is 2.70. The molecule has 4 fully saturated rings. The predicted molar refractivity (Wildman–Crippen MR) is 178 cm³/mol. The summed E-state index contributed by atoms with van der Waals surface area (Å²) >= 11 is 3.51. The average molecular weight is 682 g/mol. The van der Waals surface area contributed by atoms with E-state index in [0.717, 1.165) is 32.1 Å². The predicted octanol–water partition coefficient (Wildman–Crippen LogP) is 8.79. The second-order valence-electron chi connectivity index (χ2n) is 17.0. The Kier molecular flexibility index (Phi) is 7.26. The Morgan fingerprint density at radius 1 is 1.00 bits per heavy atom. The van der Waals surface area contributed by atoms with Gasteiger partial charge in [0.2, 0.25) is 0 Å². The van der Waals surface area contributed by atoms with E-state index in [4.69, 9.17) is 4.74 Å². The third kappa shape index (κ3) is 4.27. The van der Waals surface area contributed by atoms with Crippen LogP contribution in [-0.2, 0) is 14.4 Å². The number of hydrogen-bond donors (Lipinski definition) is 2. The van der Waals surface area contributed by atoms with Crippen LogP contribution < -0.4 is 4.74 Å². The van der Waals surface area contributed by atoms with Crippen molar-refractivity contribution in [1.29, 1.82) is 0 Å². The van der Waals surface area contributed by atoms with Gasteiger partial charge in [-0.25, -0.2) is 0 Å². The number of carboxylic acids is 1. The first-order chi connectivity index (χ1) is 20.8. The van der Waals surface area contributed by atoms with Crippen molar-refractivity contribution in [3.05, 3.63) is 39.4 Å². The molecule has 5 aliphatic rings. The summed E-state index contributed by atoms with van der Waals surface area (Å²) in [6.45, 7) is 15.2. The lowest BCUT2D eigenvalue weighted by molar-refractivity contribution is -0.183. The summed E-state index contributed by atoms with van der Waals surface area (Å²) in [5.41, 5.74) is 0.104. The molecule has 0 radical (unpaired) electrons. The molecular formula is C38H49BrO6. The largest absolute Gasteiger partial charge is 0.503 e. The maximum absolute atomic E-state index is 14.7. The molecule has 0 aliphatic heterocycles. The van der Waals surface area contributed by atoms with Crippen LogP contribution in [0, 0.1) is 50.2 Å². The number of aliphatic carboxylic acids is 1. The number of halogens is 1. The number of benzene rings is 1. The van der Waals surface area contributed by atoms with Crippen molar-refractivity contribution in [3.8, 4) is 11.5 Å². The van der Waals surface area contributed by atoms with Gasteiger partial charge in [-0.15, -0.1) is 0 Å². The number of phenolic OH excluding ortho intramolecular Hbond substituents is 1. The Morgan fingerprint density at radius 2 is 1.67 bits per heavy atom. The van der Waals surface area contributed by atoms with E-state index in [9.17, 15) is 24.6 Å². The summed E-state index contributed by atoms with van der Waals surface area (Å²) in [7, 11) is 1.50. The van der Waals surface area contributed by atoms with Crippen LogP contribution in [-0.4, -0.2) is 34.9 Å². The minimum Gasteiger partial charge on any atom is -0.503 e. The van der Waals surface area contributed by atoms with E-state index in [0.29, 0.717) is 40.6 Å². The van der Waals surface area contributed by atoms with E-state index >= 15 is 0 Å². The van der Waals surface area contributed by atoms with E-state index in [1.54, 1.807) is 6.07 Å². The topological polar surface area (TPSA) is 101 Å². The molecule has 7 heteroatoms. The summed E-state index contributed by atoms with van der Waals surface area (Å²) in [4.78, 5) is 41.3. The van der Waals surface area contributed by atoms with Gasteiger partial charge in [0.1, 0.15) is 0 Å². The molecular weight excluding hydrogens is 632 g/mol. The zero-order chi connectivity index (χ0) is 33.1. The lowest BCUT2D eigenvalue weighted by Crippen LogP contribution is -2.66. The molecule has 0 bridgehead atoms. The highest BCUT2D eigenvalue weighted by atomic mass is 79.9. The van der Waals surface area contributed by atoms with Crippen LogP contribution in [0.3, 0.4) is 0 Å². The number of phenols is 1. The Balaban J connectivity index is 1.47. The van der Waals surface area contributed by atoms with Crippen LogP contribution in [0.1, 0.15) is 105 Å². The molecule has 0 spiro atoms. The summed E-state index contributed by atoms with van der Waals surface area (Å²) in [6, 6.07) is 3.54. The lowest BCUT2D eigenvalue weighted by atomic mass is 9.33. The monoisotopic (exact) mass is 680 g/mol. The van der Waals surface area contributed by atoms with Crippen molar-refractivity contribution in [2.24, 2.45) is 50.2 Å². The van der Waals surface area contributed by atoms with Crippen molar-refractivity contribution in [2.45, 2.75) is 99.8 Å². The molecule has 0 heterocycles. The Hall–Kier alpha value is -2.41. The van der Waals surface area contributed by atoms with E-state index in [1.807, 2.05) is 39.0 Å². The molecule has 45 heavy (non-hydrogen) atoms. The van der Waals surface area contributed by atoms with Crippen LogP contribution in [0.5, 0.6) is 11.5 Å². The minimum atomic E-state index is -0.786. The van der Waals surface area contributed by atoms with Crippen LogP contribution in [0.2, 0.25) is 0 Å². The Bertz CT molecular complexity index is 1570. The lowest BCUT2D eigenvalue weighted by Gasteiger charge is -2.70. The van der Waals surface area contributed by atoms with Gasteiger partial charge in [-0.05, 0) is 143 Å². The highest BCUT2D eigenvalue weighted by molar-refractivity contribution is 9.10. The minimum absolute atomic E-state index is 0.00263. The van der Waals surface area contributed by atoms with Crippen molar-refractivity contribution in [2.75, 3.05) is 7.11 Å². The standard InChI is InChI=1S/C38H49BrO6/c1-33(2)27-11-12-38(7)30(36(27,5)19-22(31(33)42)17-21-9-10-26(45-8)29(41)28(21)39)25(40)18-23-24-20-35(4,32(43)44)14-13-34(24,3)15-16-37(23,38)6/h9-10,17-18,24,27,30,41H,11-16,19-20H2,1-8H3,(H,43,44)/b22-17+/t24-,27-,30+,34+,35-,36-,37+,38+/m0/s1. The zero-order valence-corrected chi connectivity index (χ0v) is 29.7. The molecule has 1 aromatic carbocycles. The number of ether oxygens (including phenoxy) is 1. The van der Waals surface area contributed by atoms with E-state index < -0.39 is 22.2 Å². The second-order valence-corrected chi connectivity index (χ2v) is 17.8. The van der Waals surface area contributed by atoms with Gasteiger partial charge in [-0.3, -0.25) is 14.4 Å². The zero-order valence-electron chi connectivity index (χ0n) is 28.1.